The smallest absolute Gasteiger partial charge is 0.256 e. The average Bonchev–Trinajstić information content (AvgIpc) is 3.30. The van der Waals surface area contributed by atoms with E-state index in [1.165, 1.54) is 36.4 Å². The Morgan fingerprint density at radius 3 is 2.45 bits per heavy atom. The molecule has 2 N–H and O–H groups in total. The quantitative estimate of drug-likeness (QED) is 0.258. The number of carbonyl (C=O) groups excluding carboxylic acids is 2. The molecule has 0 saturated carbocycles. The number of hydrogen-bond acceptors (Lipinski definition) is 6. The number of benzene rings is 3. The molecule has 8 nitrogen and oxygen atoms in total. The highest BCUT2D eigenvalue weighted by Gasteiger charge is 2.20. The SMILES string of the molecule is CCOc1ccc(NC(=O)CSc2nnc(CNC(=O)c3c(F)cccc3Cl)n2-c2ccc(F)cc2)cc1. The molecule has 0 aliphatic carbocycles. The van der Waals surface area contributed by atoms with Crippen molar-refractivity contribution in [1.29, 1.82) is 0 Å². The van der Waals surface area contributed by atoms with Gasteiger partial charge in [-0.2, -0.15) is 0 Å². The molecule has 196 valence electrons. The Labute approximate surface area is 226 Å². The van der Waals surface area contributed by atoms with E-state index in [9.17, 15) is 18.4 Å². The lowest BCUT2D eigenvalue weighted by Gasteiger charge is -2.12. The van der Waals surface area contributed by atoms with Gasteiger partial charge in [-0.05, 0) is 67.6 Å². The van der Waals surface area contributed by atoms with Gasteiger partial charge in [0.15, 0.2) is 11.0 Å². The van der Waals surface area contributed by atoms with Crippen molar-refractivity contribution in [3.63, 3.8) is 0 Å². The molecule has 4 rings (SSSR count). The van der Waals surface area contributed by atoms with Crippen LogP contribution in [0.2, 0.25) is 5.02 Å². The number of rotatable bonds is 10. The molecule has 4 aromatic rings. The van der Waals surface area contributed by atoms with Crippen LogP contribution in [0, 0.1) is 11.6 Å². The largest absolute Gasteiger partial charge is 0.494 e. The van der Waals surface area contributed by atoms with Crippen molar-refractivity contribution in [1.82, 2.24) is 20.1 Å². The summed E-state index contributed by atoms with van der Waals surface area (Å²) in [6.45, 7) is 2.29. The van der Waals surface area contributed by atoms with Crippen LogP contribution < -0.4 is 15.4 Å². The summed E-state index contributed by atoms with van der Waals surface area (Å²) < 4.78 is 34.7. The fourth-order valence-corrected chi connectivity index (χ4v) is 4.47. The summed E-state index contributed by atoms with van der Waals surface area (Å²) in [6.07, 6.45) is 0. The lowest BCUT2D eigenvalue weighted by molar-refractivity contribution is -0.113. The van der Waals surface area contributed by atoms with Crippen LogP contribution in [-0.4, -0.2) is 38.9 Å². The van der Waals surface area contributed by atoms with Gasteiger partial charge in [0.1, 0.15) is 17.4 Å². The first-order valence-corrected chi connectivity index (χ1v) is 12.8. The number of ether oxygens (including phenoxy) is 1. The molecular weight excluding hydrogens is 536 g/mol. The fourth-order valence-electron chi connectivity index (χ4n) is 3.45. The van der Waals surface area contributed by atoms with Crippen molar-refractivity contribution in [2.45, 2.75) is 18.6 Å². The van der Waals surface area contributed by atoms with Gasteiger partial charge in [0.25, 0.3) is 5.91 Å². The Kier molecular flexibility index (Phi) is 8.93. The minimum absolute atomic E-state index is 0.00370. The molecule has 0 unspecified atom stereocenters. The molecule has 1 heterocycles. The van der Waals surface area contributed by atoms with Gasteiger partial charge in [0.2, 0.25) is 5.91 Å². The lowest BCUT2D eigenvalue weighted by Crippen LogP contribution is -2.26. The van der Waals surface area contributed by atoms with E-state index >= 15 is 0 Å². The second-order valence-corrected chi connectivity index (χ2v) is 9.13. The van der Waals surface area contributed by atoms with Crippen LogP contribution in [0.5, 0.6) is 5.75 Å². The van der Waals surface area contributed by atoms with E-state index < -0.39 is 17.5 Å². The number of hydrogen-bond donors (Lipinski definition) is 2. The highest BCUT2D eigenvalue weighted by atomic mass is 35.5. The first-order valence-electron chi connectivity index (χ1n) is 11.4. The normalized spacial score (nSPS) is 10.7. The number of carbonyl (C=O) groups is 2. The molecular formula is C26H22ClF2N5O3S. The summed E-state index contributed by atoms with van der Waals surface area (Å²) >= 11 is 7.09. The molecule has 0 saturated heterocycles. The number of amides is 2. The van der Waals surface area contributed by atoms with Gasteiger partial charge in [0, 0.05) is 11.4 Å². The second kappa shape index (κ2) is 12.5. The topological polar surface area (TPSA) is 98.1 Å². The van der Waals surface area contributed by atoms with Gasteiger partial charge in [-0.3, -0.25) is 14.2 Å². The molecule has 2 amide bonds. The molecule has 0 spiro atoms. The molecule has 3 aromatic carbocycles. The van der Waals surface area contributed by atoms with Gasteiger partial charge in [0.05, 0.1) is 29.5 Å². The van der Waals surface area contributed by atoms with Gasteiger partial charge in [-0.25, -0.2) is 8.78 Å². The Bertz CT molecular complexity index is 1410. The summed E-state index contributed by atoms with van der Waals surface area (Å²) in [5.74, 6) is -1.22. The third kappa shape index (κ3) is 6.67. The zero-order valence-electron chi connectivity index (χ0n) is 20.1. The minimum atomic E-state index is -0.759. The van der Waals surface area contributed by atoms with E-state index in [0.29, 0.717) is 28.9 Å². The van der Waals surface area contributed by atoms with Crippen molar-refractivity contribution >= 4 is 40.9 Å². The number of nitrogens with zero attached hydrogens (tertiary/aromatic N) is 3. The number of thioether (sulfide) groups is 1. The van der Waals surface area contributed by atoms with Crippen molar-refractivity contribution in [3.8, 4) is 11.4 Å². The van der Waals surface area contributed by atoms with Crippen LogP contribution >= 0.6 is 23.4 Å². The average molecular weight is 558 g/mol. The molecule has 1 aromatic heterocycles. The van der Waals surface area contributed by atoms with Crippen molar-refractivity contribution in [2.24, 2.45) is 0 Å². The third-order valence-corrected chi connectivity index (χ3v) is 6.41. The molecule has 38 heavy (non-hydrogen) atoms. The zero-order chi connectivity index (χ0) is 27.1. The maximum atomic E-state index is 14.1. The standard InChI is InChI=1S/C26H22ClF2N5O3S/c1-2-37-19-12-8-17(9-13-19)31-23(35)15-38-26-33-32-22(34(26)18-10-6-16(28)7-11-18)14-30-25(36)24-20(27)4-3-5-21(24)29/h3-13H,2,14-15H2,1H3,(H,30,36)(H,31,35). The monoisotopic (exact) mass is 557 g/mol. The van der Waals surface area contributed by atoms with Gasteiger partial charge < -0.3 is 15.4 Å². The van der Waals surface area contributed by atoms with Crippen molar-refractivity contribution in [2.75, 3.05) is 17.7 Å². The zero-order valence-corrected chi connectivity index (χ0v) is 21.7. The van der Waals surface area contributed by atoms with E-state index in [0.717, 1.165) is 17.8 Å². The van der Waals surface area contributed by atoms with E-state index in [-0.39, 0.29) is 34.6 Å². The molecule has 0 aliphatic rings. The molecule has 0 atom stereocenters. The summed E-state index contributed by atoms with van der Waals surface area (Å²) in [5, 5.41) is 14.0. The second-order valence-electron chi connectivity index (χ2n) is 7.78. The molecule has 0 fully saturated rings. The van der Waals surface area contributed by atoms with E-state index in [4.69, 9.17) is 16.3 Å². The Hall–Kier alpha value is -3.96. The third-order valence-electron chi connectivity index (χ3n) is 5.16. The molecule has 12 heteroatoms. The maximum absolute atomic E-state index is 14.1. The first-order chi connectivity index (χ1) is 18.4. The number of aromatic nitrogens is 3. The summed E-state index contributed by atoms with van der Waals surface area (Å²) in [5.41, 5.74) is 0.829. The highest BCUT2D eigenvalue weighted by Crippen LogP contribution is 2.24. The van der Waals surface area contributed by atoms with E-state index in [1.54, 1.807) is 28.8 Å². The highest BCUT2D eigenvalue weighted by molar-refractivity contribution is 7.99. The van der Waals surface area contributed by atoms with Gasteiger partial charge in [-0.1, -0.05) is 29.4 Å². The van der Waals surface area contributed by atoms with Gasteiger partial charge in [-0.15, -0.1) is 10.2 Å². The Morgan fingerprint density at radius 2 is 1.76 bits per heavy atom. The minimum Gasteiger partial charge on any atom is -0.494 e. The summed E-state index contributed by atoms with van der Waals surface area (Å²) in [6, 6.07) is 16.5. The predicted octanol–water partition coefficient (Wildman–Crippen LogP) is 5.26. The van der Waals surface area contributed by atoms with Crippen LogP contribution in [-0.2, 0) is 11.3 Å². The Morgan fingerprint density at radius 1 is 1.03 bits per heavy atom. The van der Waals surface area contributed by atoms with Crippen LogP contribution in [0.15, 0.2) is 71.9 Å². The maximum Gasteiger partial charge on any atom is 0.256 e. The number of nitrogens with one attached hydrogen (secondary N) is 2. The van der Waals surface area contributed by atoms with Crippen LogP contribution in [0.1, 0.15) is 23.1 Å². The van der Waals surface area contributed by atoms with Crippen LogP contribution in [0.4, 0.5) is 14.5 Å². The first kappa shape index (κ1) is 27.1. The van der Waals surface area contributed by atoms with Gasteiger partial charge >= 0.3 is 0 Å². The lowest BCUT2D eigenvalue weighted by atomic mass is 10.2. The predicted molar refractivity (Wildman–Crippen MR) is 141 cm³/mol. The van der Waals surface area contributed by atoms with Crippen LogP contribution in [0.3, 0.4) is 0 Å². The summed E-state index contributed by atoms with van der Waals surface area (Å²) in [4.78, 5) is 25.2. The van der Waals surface area contributed by atoms with E-state index in [1.807, 2.05) is 6.92 Å². The van der Waals surface area contributed by atoms with Crippen molar-refractivity contribution < 1.29 is 23.1 Å². The number of anilines is 1. The number of halogens is 3. The van der Waals surface area contributed by atoms with E-state index in [2.05, 4.69) is 20.8 Å². The summed E-state index contributed by atoms with van der Waals surface area (Å²) in [7, 11) is 0. The van der Waals surface area contributed by atoms with Crippen molar-refractivity contribution in [3.05, 3.63) is 94.8 Å². The molecule has 0 radical (unpaired) electrons. The van der Waals surface area contributed by atoms with Crippen LogP contribution in [0.25, 0.3) is 5.69 Å². The molecule has 0 bridgehead atoms. The Balaban J connectivity index is 1.48. The molecule has 0 aliphatic heterocycles. The fraction of sp³-hybridized carbons (Fsp3) is 0.154.